The number of halogens is 2. The van der Waals surface area contributed by atoms with E-state index in [1.54, 1.807) is 0 Å². The van der Waals surface area contributed by atoms with E-state index in [1.165, 1.54) is 37.7 Å². The maximum Gasteiger partial charge on any atom is 0.0338 e. The lowest BCUT2D eigenvalue weighted by Gasteiger charge is -2.25. The van der Waals surface area contributed by atoms with Crippen molar-refractivity contribution in [1.82, 2.24) is 0 Å². The molecule has 15 heavy (non-hydrogen) atoms. The Morgan fingerprint density at radius 3 is 2.60 bits per heavy atom. The van der Waals surface area contributed by atoms with E-state index in [9.17, 15) is 0 Å². The first kappa shape index (κ1) is 11.5. The first-order chi connectivity index (χ1) is 7.24. The van der Waals surface area contributed by atoms with Gasteiger partial charge in [-0.3, -0.25) is 0 Å². The largest absolute Gasteiger partial charge is 0.123 e. The molecule has 0 radical (unpaired) electrons. The number of benzene rings is 1. The number of hydrogen-bond donors (Lipinski definition) is 0. The number of alkyl halides is 1. The van der Waals surface area contributed by atoms with Crippen molar-refractivity contribution in [2.45, 2.75) is 37.5 Å². The van der Waals surface area contributed by atoms with Crippen molar-refractivity contribution >= 4 is 27.5 Å². The lowest BCUT2D eigenvalue weighted by molar-refractivity contribution is 0.361. The van der Waals surface area contributed by atoms with Crippen LogP contribution in [0.2, 0.25) is 0 Å². The van der Waals surface area contributed by atoms with Crippen LogP contribution in [0.15, 0.2) is 28.7 Å². The summed E-state index contributed by atoms with van der Waals surface area (Å²) in [6, 6.07) is 8.66. The van der Waals surface area contributed by atoms with E-state index < -0.39 is 0 Å². The van der Waals surface area contributed by atoms with Crippen LogP contribution in [-0.2, 0) is 6.42 Å². The molecule has 0 saturated heterocycles. The van der Waals surface area contributed by atoms with Gasteiger partial charge < -0.3 is 0 Å². The Morgan fingerprint density at radius 1 is 1.20 bits per heavy atom. The zero-order valence-corrected chi connectivity index (χ0v) is 11.1. The topological polar surface area (TPSA) is 0 Å². The normalized spacial score (nSPS) is 26.5. The van der Waals surface area contributed by atoms with E-state index in [-0.39, 0.29) is 0 Å². The minimum absolute atomic E-state index is 0.416. The number of rotatable bonds is 2. The summed E-state index contributed by atoms with van der Waals surface area (Å²) in [5, 5.41) is 0.416. The highest BCUT2D eigenvalue weighted by atomic mass is 79.9. The summed E-state index contributed by atoms with van der Waals surface area (Å²) in [6.07, 6.45) is 6.24. The molecule has 0 N–H and O–H groups in total. The Morgan fingerprint density at radius 2 is 1.93 bits per heavy atom. The van der Waals surface area contributed by atoms with Gasteiger partial charge in [-0.2, -0.15) is 0 Å². The van der Waals surface area contributed by atoms with E-state index in [2.05, 4.69) is 40.2 Å². The molecule has 1 aliphatic rings. The molecule has 0 bridgehead atoms. The second-order valence-electron chi connectivity index (χ2n) is 4.46. The van der Waals surface area contributed by atoms with Crippen molar-refractivity contribution in [1.29, 1.82) is 0 Å². The molecule has 0 aromatic heterocycles. The predicted octanol–water partition coefficient (Wildman–Crippen LogP) is 4.79. The molecule has 1 aromatic carbocycles. The molecule has 2 heteroatoms. The summed E-state index contributed by atoms with van der Waals surface area (Å²) in [7, 11) is 0. The maximum absolute atomic E-state index is 6.20. The minimum Gasteiger partial charge on any atom is -0.123 e. The fourth-order valence-corrected chi connectivity index (χ4v) is 3.04. The Bertz CT molecular complexity index is 307. The van der Waals surface area contributed by atoms with Crippen molar-refractivity contribution in [3.05, 3.63) is 34.3 Å². The molecule has 1 fully saturated rings. The zero-order valence-electron chi connectivity index (χ0n) is 8.76. The molecule has 0 spiro atoms. The first-order valence-corrected chi connectivity index (χ1v) is 6.85. The lowest BCUT2D eigenvalue weighted by Crippen LogP contribution is -2.17. The van der Waals surface area contributed by atoms with Crippen LogP contribution < -0.4 is 0 Å². The van der Waals surface area contributed by atoms with E-state index in [0.717, 1.165) is 10.4 Å². The van der Waals surface area contributed by atoms with Crippen LogP contribution in [0.5, 0.6) is 0 Å². The molecular weight excluding hydrogens is 272 g/mol. The minimum atomic E-state index is 0.416. The van der Waals surface area contributed by atoms with Gasteiger partial charge in [-0.05, 0) is 42.9 Å². The van der Waals surface area contributed by atoms with Gasteiger partial charge in [0.1, 0.15) is 0 Å². The number of hydrogen-bond acceptors (Lipinski definition) is 0. The van der Waals surface area contributed by atoms with Gasteiger partial charge in [-0.15, -0.1) is 11.6 Å². The van der Waals surface area contributed by atoms with Crippen molar-refractivity contribution in [3.63, 3.8) is 0 Å². The van der Waals surface area contributed by atoms with Gasteiger partial charge in [0.2, 0.25) is 0 Å². The molecule has 82 valence electrons. The van der Waals surface area contributed by atoms with Crippen molar-refractivity contribution in [3.8, 4) is 0 Å². The second-order valence-corrected chi connectivity index (χ2v) is 5.99. The van der Waals surface area contributed by atoms with Crippen LogP contribution >= 0.6 is 27.5 Å². The highest BCUT2D eigenvalue weighted by Crippen LogP contribution is 2.30. The maximum atomic E-state index is 6.20. The molecule has 1 saturated carbocycles. The third kappa shape index (κ3) is 3.49. The Balaban J connectivity index is 1.93. The van der Waals surface area contributed by atoms with Gasteiger partial charge in [-0.25, -0.2) is 0 Å². The van der Waals surface area contributed by atoms with Crippen molar-refractivity contribution in [2.24, 2.45) is 5.92 Å². The molecular formula is C13H16BrCl. The summed E-state index contributed by atoms with van der Waals surface area (Å²) in [5.74, 6) is 0.794. The van der Waals surface area contributed by atoms with Crippen LogP contribution in [0.1, 0.15) is 31.2 Å². The molecule has 0 amide bonds. The Kier molecular flexibility index (Phi) is 4.10. The molecule has 1 aromatic rings. The summed E-state index contributed by atoms with van der Waals surface area (Å²) in [6.45, 7) is 0. The van der Waals surface area contributed by atoms with Crippen LogP contribution in [0.4, 0.5) is 0 Å². The fourth-order valence-electron chi connectivity index (χ4n) is 2.36. The highest BCUT2D eigenvalue weighted by Gasteiger charge is 2.20. The van der Waals surface area contributed by atoms with Gasteiger partial charge in [0.25, 0.3) is 0 Å². The van der Waals surface area contributed by atoms with Gasteiger partial charge in [0.05, 0.1) is 0 Å². The monoisotopic (exact) mass is 286 g/mol. The van der Waals surface area contributed by atoms with Crippen molar-refractivity contribution in [2.75, 3.05) is 0 Å². The van der Waals surface area contributed by atoms with E-state index in [4.69, 9.17) is 11.6 Å². The molecule has 0 aliphatic heterocycles. The van der Waals surface area contributed by atoms with Gasteiger partial charge in [-0.1, -0.05) is 40.9 Å². The average Bonchev–Trinajstić information content (AvgIpc) is 2.22. The Hall–Kier alpha value is -0.0100. The molecule has 0 nitrogen and oxygen atoms in total. The molecule has 1 aliphatic carbocycles. The quantitative estimate of drug-likeness (QED) is 0.686. The standard InChI is InChI=1S/C13H16BrCl/c14-12-6-4-10(5-7-12)8-11-2-1-3-13(15)9-11/h4-7,11,13H,1-3,8-9H2. The van der Waals surface area contributed by atoms with E-state index in [1.807, 2.05) is 0 Å². The third-order valence-corrected chi connectivity index (χ3v) is 4.08. The summed E-state index contributed by atoms with van der Waals surface area (Å²) >= 11 is 9.65. The van der Waals surface area contributed by atoms with Crippen LogP contribution in [0.25, 0.3) is 0 Å². The lowest BCUT2D eigenvalue weighted by atomic mass is 9.84. The average molecular weight is 288 g/mol. The third-order valence-electron chi connectivity index (χ3n) is 3.16. The summed E-state index contributed by atoms with van der Waals surface area (Å²) in [5.41, 5.74) is 1.44. The highest BCUT2D eigenvalue weighted by molar-refractivity contribution is 9.10. The zero-order chi connectivity index (χ0) is 10.7. The van der Waals surface area contributed by atoms with E-state index in [0.29, 0.717) is 5.38 Å². The molecule has 2 rings (SSSR count). The molecule has 2 unspecified atom stereocenters. The second kappa shape index (κ2) is 5.36. The smallest absolute Gasteiger partial charge is 0.0338 e. The van der Waals surface area contributed by atoms with Crippen LogP contribution in [0.3, 0.4) is 0 Å². The fraction of sp³-hybridized carbons (Fsp3) is 0.538. The van der Waals surface area contributed by atoms with Gasteiger partial charge in [0.15, 0.2) is 0 Å². The SMILES string of the molecule is ClC1CCCC(Cc2ccc(Br)cc2)C1. The van der Waals surface area contributed by atoms with Gasteiger partial charge >= 0.3 is 0 Å². The molecule has 0 heterocycles. The van der Waals surface area contributed by atoms with Crippen LogP contribution in [-0.4, -0.2) is 5.38 Å². The van der Waals surface area contributed by atoms with Crippen molar-refractivity contribution < 1.29 is 0 Å². The van der Waals surface area contributed by atoms with Crippen LogP contribution in [0, 0.1) is 5.92 Å². The van der Waals surface area contributed by atoms with E-state index >= 15 is 0 Å². The molecule has 2 atom stereocenters. The summed E-state index contributed by atoms with van der Waals surface area (Å²) in [4.78, 5) is 0. The summed E-state index contributed by atoms with van der Waals surface area (Å²) < 4.78 is 1.16. The Labute approximate surface area is 105 Å². The van der Waals surface area contributed by atoms with Gasteiger partial charge in [0, 0.05) is 9.85 Å². The first-order valence-electron chi connectivity index (χ1n) is 5.62. The predicted molar refractivity (Wildman–Crippen MR) is 69.4 cm³/mol.